The molecule has 3 aromatic rings. The standard InChI is InChI=1S/C15H12O3S/c16-8-7-9-5-6-11(17)13-14(18)10-3-1-2-4-12(10)19-15(9)13/h1-6,16-17H,7-8H2. The van der Waals surface area contributed by atoms with E-state index in [1.54, 1.807) is 12.1 Å². The van der Waals surface area contributed by atoms with Crippen LogP contribution in [0.15, 0.2) is 41.2 Å². The average Bonchev–Trinajstić information content (AvgIpc) is 2.42. The molecule has 0 unspecified atom stereocenters. The highest BCUT2D eigenvalue weighted by Gasteiger charge is 2.12. The SMILES string of the molecule is O=c1c2ccccc2sc2c(CCO)ccc(O)c12. The van der Waals surface area contributed by atoms with E-state index in [1.165, 1.54) is 17.4 Å². The number of rotatable bonds is 2. The van der Waals surface area contributed by atoms with Crippen LogP contribution in [0.2, 0.25) is 0 Å². The van der Waals surface area contributed by atoms with Crippen LogP contribution in [0.25, 0.3) is 20.2 Å². The first-order valence-corrected chi connectivity index (χ1v) is 6.81. The number of phenolic OH excluding ortho intramolecular Hbond substituents is 1. The summed E-state index contributed by atoms with van der Waals surface area (Å²) in [6.07, 6.45) is 0.477. The molecule has 0 bridgehead atoms. The fourth-order valence-corrected chi connectivity index (χ4v) is 3.49. The summed E-state index contributed by atoms with van der Waals surface area (Å²) >= 11 is 1.48. The maximum Gasteiger partial charge on any atom is 0.199 e. The predicted molar refractivity (Wildman–Crippen MR) is 78.1 cm³/mol. The van der Waals surface area contributed by atoms with Crippen molar-refractivity contribution in [2.45, 2.75) is 6.42 Å². The van der Waals surface area contributed by atoms with Gasteiger partial charge in [-0.1, -0.05) is 18.2 Å². The number of benzene rings is 2. The van der Waals surface area contributed by atoms with Gasteiger partial charge in [0, 0.05) is 21.4 Å². The highest BCUT2D eigenvalue weighted by atomic mass is 32.1. The third-order valence-electron chi connectivity index (χ3n) is 3.17. The second kappa shape index (κ2) is 4.64. The Morgan fingerprint density at radius 3 is 2.68 bits per heavy atom. The molecule has 0 radical (unpaired) electrons. The van der Waals surface area contributed by atoms with Gasteiger partial charge in [-0.2, -0.15) is 0 Å². The molecule has 0 spiro atoms. The number of hydrogen-bond acceptors (Lipinski definition) is 4. The predicted octanol–water partition coefficient (Wildman–Crippen LogP) is 2.66. The summed E-state index contributed by atoms with van der Waals surface area (Å²) in [6.45, 7) is 0.0214. The smallest absolute Gasteiger partial charge is 0.199 e. The molecule has 2 aromatic carbocycles. The van der Waals surface area contributed by atoms with E-state index in [1.807, 2.05) is 18.2 Å². The first-order valence-electron chi connectivity index (χ1n) is 5.99. The average molecular weight is 272 g/mol. The van der Waals surface area contributed by atoms with Crippen molar-refractivity contribution < 1.29 is 10.2 Å². The first-order chi connectivity index (χ1) is 9.22. The van der Waals surface area contributed by atoms with E-state index in [4.69, 9.17) is 5.11 Å². The second-order valence-electron chi connectivity index (χ2n) is 4.35. The molecule has 0 aliphatic rings. The van der Waals surface area contributed by atoms with Gasteiger partial charge in [-0.05, 0) is 30.2 Å². The summed E-state index contributed by atoms with van der Waals surface area (Å²) in [5, 5.41) is 20.0. The number of hydrogen-bond donors (Lipinski definition) is 2. The van der Waals surface area contributed by atoms with Gasteiger partial charge in [0.05, 0.1) is 5.39 Å². The lowest BCUT2D eigenvalue weighted by Gasteiger charge is -2.07. The molecule has 0 aliphatic heterocycles. The van der Waals surface area contributed by atoms with Crippen LogP contribution >= 0.6 is 11.3 Å². The van der Waals surface area contributed by atoms with Gasteiger partial charge in [0.2, 0.25) is 0 Å². The minimum Gasteiger partial charge on any atom is -0.507 e. The van der Waals surface area contributed by atoms with Crippen LogP contribution in [0.3, 0.4) is 0 Å². The molecule has 0 aliphatic carbocycles. The molecule has 3 rings (SSSR count). The molecule has 1 aromatic heterocycles. The molecule has 0 saturated carbocycles. The van der Waals surface area contributed by atoms with Crippen LogP contribution in [0.1, 0.15) is 5.56 Å². The van der Waals surface area contributed by atoms with Gasteiger partial charge in [-0.25, -0.2) is 0 Å². The zero-order chi connectivity index (χ0) is 13.4. The van der Waals surface area contributed by atoms with E-state index >= 15 is 0 Å². The minimum atomic E-state index is -0.151. The monoisotopic (exact) mass is 272 g/mol. The van der Waals surface area contributed by atoms with Crippen molar-refractivity contribution in [2.75, 3.05) is 6.61 Å². The summed E-state index contributed by atoms with van der Waals surface area (Å²) in [5.74, 6) is 0.00342. The van der Waals surface area contributed by atoms with Crippen LogP contribution in [0, 0.1) is 0 Å². The summed E-state index contributed by atoms with van der Waals surface area (Å²) in [4.78, 5) is 12.4. The lowest BCUT2D eigenvalue weighted by Crippen LogP contribution is -2.03. The van der Waals surface area contributed by atoms with Crippen molar-refractivity contribution in [1.82, 2.24) is 0 Å². The Balaban J connectivity index is 2.53. The van der Waals surface area contributed by atoms with E-state index in [0.29, 0.717) is 17.2 Å². The zero-order valence-electron chi connectivity index (χ0n) is 10.1. The molecule has 19 heavy (non-hydrogen) atoms. The van der Waals surface area contributed by atoms with Crippen molar-refractivity contribution in [1.29, 1.82) is 0 Å². The number of aromatic hydroxyl groups is 1. The van der Waals surface area contributed by atoms with Crippen LogP contribution in [-0.4, -0.2) is 16.8 Å². The van der Waals surface area contributed by atoms with Gasteiger partial charge in [-0.3, -0.25) is 4.79 Å². The van der Waals surface area contributed by atoms with Gasteiger partial charge < -0.3 is 10.2 Å². The van der Waals surface area contributed by atoms with Gasteiger partial charge in [0.1, 0.15) is 5.75 Å². The van der Waals surface area contributed by atoms with Crippen molar-refractivity contribution in [3.63, 3.8) is 0 Å². The molecule has 0 amide bonds. The number of phenols is 1. The molecular weight excluding hydrogens is 260 g/mol. The molecule has 0 fully saturated rings. The number of fused-ring (bicyclic) bond motifs is 2. The lowest BCUT2D eigenvalue weighted by atomic mass is 10.1. The highest BCUT2D eigenvalue weighted by molar-refractivity contribution is 7.24. The minimum absolute atomic E-state index is 0.00342. The Bertz CT molecular complexity index is 821. The summed E-state index contributed by atoms with van der Waals surface area (Å²) in [6, 6.07) is 10.7. The Morgan fingerprint density at radius 1 is 1.11 bits per heavy atom. The highest BCUT2D eigenvalue weighted by Crippen LogP contribution is 2.32. The Morgan fingerprint density at radius 2 is 1.89 bits per heavy atom. The first kappa shape index (κ1) is 12.1. The van der Waals surface area contributed by atoms with Crippen molar-refractivity contribution in [3.8, 4) is 5.75 Å². The van der Waals surface area contributed by atoms with E-state index in [0.717, 1.165) is 15.0 Å². The van der Waals surface area contributed by atoms with Gasteiger partial charge in [-0.15, -0.1) is 11.3 Å². The molecule has 2 N–H and O–H groups in total. The van der Waals surface area contributed by atoms with Crippen molar-refractivity contribution in [3.05, 3.63) is 52.2 Å². The second-order valence-corrected chi connectivity index (χ2v) is 5.40. The Hall–Kier alpha value is -1.91. The third kappa shape index (κ3) is 1.89. The topological polar surface area (TPSA) is 57.5 Å². The molecule has 3 nitrogen and oxygen atoms in total. The summed E-state index contributed by atoms with van der Waals surface area (Å²) in [7, 11) is 0. The fraction of sp³-hybridized carbons (Fsp3) is 0.133. The van der Waals surface area contributed by atoms with E-state index in [2.05, 4.69) is 0 Å². The summed E-state index contributed by atoms with van der Waals surface area (Å²) < 4.78 is 1.66. The maximum absolute atomic E-state index is 12.4. The van der Waals surface area contributed by atoms with Crippen LogP contribution in [0.4, 0.5) is 0 Å². The van der Waals surface area contributed by atoms with E-state index in [9.17, 15) is 9.90 Å². The normalized spacial score (nSPS) is 11.2. The lowest BCUT2D eigenvalue weighted by molar-refractivity contribution is 0.300. The van der Waals surface area contributed by atoms with Crippen LogP contribution in [0.5, 0.6) is 5.75 Å². The molecule has 0 saturated heterocycles. The third-order valence-corrected chi connectivity index (χ3v) is 4.42. The fourth-order valence-electron chi connectivity index (χ4n) is 2.26. The Kier molecular flexibility index (Phi) is 2.97. The zero-order valence-corrected chi connectivity index (χ0v) is 10.9. The molecular formula is C15H12O3S. The van der Waals surface area contributed by atoms with Crippen molar-refractivity contribution >= 4 is 31.5 Å². The largest absolute Gasteiger partial charge is 0.507 e. The van der Waals surface area contributed by atoms with Gasteiger partial charge in [0.15, 0.2) is 5.43 Å². The van der Waals surface area contributed by atoms with Gasteiger partial charge in [0.25, 0.3) is 0 Å². The molecule has 1 heterocycles. The summed E-state index contributed by atoms with van der Waals surface area (Å²) in [5.41, 5.74) is 0.741. The number of aliphatic hydroxyl groups is 1. The molecule has 96 valence electrons. The number of aliphatic hydroxyl groups excluding tert-OH is 1. The van der Waals surface area contributed by atoms with Crippen LogP contribution < -0.4 is 5.43 Å². The van der Waals surface area contributed by atoms with Crippen LogP contribution in [-0.2, 0) is 6.42 Å². The van der Waals surface area contributed by atoms with E-state index < -0.39 is 0 Å². The quantitative estimate of drug-likeness (QED) is 0.705. The van der Waals surface area contributed by atoms with Gasteiger partial charge >= 0.3 is 0 Å². The Labute approximate surface area is 113 Å². The molecule has 0 atom stereocenters. The van der Waals surface area contributed by atoms with E-state index in [-0.39, 0.29) is 17.8 Å². The molecule has 4 heteroatoms. The maximum atomic E-state index is 12.4. The van der Waals surface area contributed by atoms with Crippen molar-refractivity contribution in [2.24, 2.45) is 0 Å².